The van der Waals surface area contributed by atoms with Gasteiger partial charge in [-0.15, -0.1) is 0 Å². The predicted octanol–water partition coefficient (Wildman–Crippen LogP) is 0.947. The second kappa shape index (κ2) is 27.9. The molecule has 0 amide bonds. The zero-order chi connectivity index (χ0) is 19.2. The quantitative estimate of drug-likeness (QED) is 0.324. The van der Waals surface area contributed by atoms with Crippen LogP contribution in [0.4, 0.5) is 0 Å². The van der Waals surface area contributed by atoms with Crippen LogP contribution in [0.1, 0.15) is 97.8 Å². The summed E-state index contributed by atoms with van der Waals surface area (Å²) in [6, 6.07) is 0. The number of carbonyl (C=O) groups is 3. The molecule has 0 spiro atoms. The van der Waals surface area contributed by atoms with Gasteiger partial charge in [0.1, 0.15) is 0 Å². The van der Waals surface area contributed by atoms with E-state index in [0.29, 0.717) is 0 Å². The molecule has 0 saturated heterocycles. The van der Waals surface area contributed by atoms with E-state index in [9.17, 15) is 29.7 Å². The third kappa shape index (κ3) is 51.7. The summed E-state index contributed by atoms with van der Waals surface area (Å²) in [6.45, 7) is 6.11. The number of hydrogen-bond acceptors (Lipinski definition) is 6. The van der Waals surface area contributed by atoms with Gasteiger partial charge in [-0.2, -0.15) is 0 Å². The van der Waals surface area contributed by atoms with Crippen molar-refractivity contribution in [3.63, 3.8) is 0 Å². The maximum absolute atomic E-state index is 9.76. The van der Waals surface area contributed by atoms with Gasteiger partial charge >= 0.3 is 19.5 Å². The number of unbranched alkanes of at least 4 members (excludes halogenated alkanes) is 6. The number of hydrogen-bond donors (Lipinski definition) is 0. The average Bonchev–Trinajstić information content (AvgIpc) is 2.48. The maximum atomic E-state index is 9.76. The van der Waals surface area contributed by atoms with E-state index in [-0.39, 0.29) is 38.7 Å². The molecule has 0 heterocycles. The monoisotopic (exact) mass is 448 g/mol. The summed E-state index contributed by atoms with van der Waals surface area (Å²) in [7, 11) is 0. The van der Waals surface area contributed by atoms with Gasteiger partial charge in [-0.05, 0) is 38.5 Å². The van der Waals surface area contributed by atoms with E-state index in [4.69, 9.17) is 0 Å². The summed E-state index contributed by atoms with van der Waals surface area (Å²) in [5, 5.41) is 29.3. The van der Waals surface area contributed by atoms with E-state index in [0.717, 1.165) is 57.8 Å². The Labute approximate surface area is 165 Å². The van der Waals surface area contributed by atoms with Crippen molar-refractivity contribution >= 4 is 17.9 Å². The van der Waals surface area contributed by atoms with Gasteiger partial charge in [0.15, 0.2) is 0 Å². The van der Waals surface area contributed by atoms with Crippen LogP contribution in [0.2, 0.25) is 0 Å². The van der Waals surface area contributed by atoms with Crippen molar-refractivity contribution in [2.24, 2.45) is 0 Å². The molecule has 6 nitrogen and oxygen atoms in total. The summed E-state index contributed by atoms with van der Waals surface area (Å²) in [5.41, 5.74) is 0. The average molecular weight is 448 g/mol. The smallest absolute Gasteiger partial charge is 0.550 e. The molecule has 0 aliphatic carbocycles. The predicted molar refractivity (Wildman–Crippen MR) is 87.4 cm³/mol. The molecule has 0 atom stereocenters. The van der Waals surface area contributed by atoms with E-state index in [1.54, 1.807) is 0 Å². The first-order valence-electron chi connectivity index (χ1n) is 8.91. The molecule has 0 aliphatic heterocycles. The maximum Gasteiger partial charge on any atom is 3.00 e. The first-order valence-corrected chi connectivity index (χ1v) is 8.91. The van der Waals surface area contributed by atoms with Gasteiger partial charge in [0, 0.05) is 17.9 Å². The fourth-order valence-corrected chi connectivity index (χ4v) is 1.56. The zero-order valence-corrected chi connectivity index (χ0v) is 17.4. The minimum absolute atomic E-state index is 0. The molecule has 25 heavy (non-hydrogen) atoms. The fraction of sp³-hybridized carbons (Fsp3) is 0.833. The van der Waals surface area contributed by atoms with Gasteiger partial charge in [-0.1, -0.05) is 59.3 Å². The number of carboxylic acids is 3. The first-order chi connectivity index (χ1) is 11.3. The molecule has 0 saturated carbocycles. The van der Waals surface area contributed by atoms with Gasteiger partial charge in [-0.25, -0.2) is 0 Å². The Kier molecular flexibility index (Phi) is 35.4. The molecule has 7 heteroatoms. The molecule has 0 bridgehead atoms. The van der Waals surface area contributed by atoms with Crippen molar-refractivity contribution in [1.82, 2.24) is 0 Å². The van der Waals surface area contributed by atoms with Crippen LogP contribution in [0.3, 0.4) is 0 Å². The van der Waals surface area contributed by atoms with Gasteiger partial charge in [-0.3, -0.25) is 0 Å². The van der Waals surface area contributed by atoms with Crippen molar-refractivity contribution < 1.29 is 49.2 Å². The van der Waals surface area contributed by atoms with Crippen LogP contribution in [0.15, 0.2) is 0 Å². The Morgan fingerprint density at radius 2 is 0.720 bits per heavy atom. The topological polar surface area (TPSA) is 120 Å². The van der Waals surface area contributed by atoms with Gasteiger partial charge in [0.2, 0.25) is 0 Å². The van der Waals surface area contributed by atoms with Crippen molar-refractivity contribution in [2.45, 2.75) is 97.8 Å². The van der Waals surface area contributed by atoms with E-state index in [1.165, 1.54) is 0 Å². The van der Waals surface area contributed by atoms with Crippen molar-refractivity contribution in [3.05, 3.63) is 0 Å². The summed E-state index contributed by atoms with van der Waals surface area (Å²) >= 11 is 0. The fourth-order valence-electron chi connectivity index (χ4n) is 1.56. The Bertz CT molecular complexity index is 260. The van der Waals surface area contributed by atoms with Crippen molar-refractivity contribution in [2.75, 3.05) is 0 Å². The van der Waals surface area contributed by atoms with Crippen molar-refractivity contribution in [3.8, 4) is 0 Å². The molecule has 0 radical (unpaired) electrons. The number of rotatable bonds is 12. The van der Waals surface area contributed by atoms with Crippen LogP contribution in [0.5, 0.6) is 0 Å². The molecule has 150 valence electrons. The third-order valence-corrected chi connectivity index (χ3v) is 2.95. The van der Waals surface area contributed by atoms with Gasteiger partial charge in [0.25, 0.3) is 0 Å². The zero-order valence-electron chi connectivity index (χ0n) is 15.8. The molecule has 0 aromatic heterocycles. The van der Waals surface area contributed by atoms with Crippen LogP contribution >= 0.6 is 0 Å². The summed E-state index contributed by atoms with van der Waals surface area (Å²) in [5.74, 6) is -2.80. The summed E-state index contributed by atoms with van der Waals surface area (Å²) in [4.78, 5) is 29.3. The molecule has 0 aliphatic rings. The molecule has 0 aromatic rings. The standard InChI is InChI=1S/3C6H12O2.Rh/c3*1-2-3-4-5-6(7)8;/h3*2-5H2,1H3,(H,7,8);/q;;;+3/p-3. The SMILES string of the molecule is CCCCCC(=O)[O-].CCCCCC(=O)[O-].CCCCCC(=O)[O-].[Rh+3]. The molecule has 0 aromatic carbocycles. The second-order valence-corrected chi connectivity index (χ2v) is 5.49. The summed E-state index contributed by atoms with van der Waals surface area (Å²) < 4.78 is 0. The number of carbonyl (C=O) groups excluding carboxylic acids is 3. The van der Waals surface area contributed by atoms with E-state index >= 15 is 0 Å². The Morgan fingerprint density at radius 1 is 0.520 bits per heavy atom. The Balaban J connectivity index is -0.000000130. The van der Waals surface area contributed by atoms with E-state index in [2.05, 4.69) is 0 Å². The van der Waals surface area contributed by atoms with E-state index < -0.39 is 17.9 Å². The first kappa shape index (κ1) is 31.8. The van der Waals surface area contributed by atoms with Gasteiger partial charge in [0.05, 0.1) is 0 Å². The van der Waals surface area contributed by atoms with Gasteiger partial charge < -0.3 is 29.7 Å². The normalized spacial score (nSPS) is 8.76. The third-order valence-electron chi connectivity index (χ3n) is 2.95. The van der Waals surface area contributed by atoms with Crippen LogP contribution in [-0.2, 0) is 33.9 Å². The Morgan fingerprint density at radius 3 is 0.840 bits per heavy atom. The molecular formula is C18H33O6Rh. The molecule has 0 N–H and O–H groups in total. The molecule has 0 fully saturated rings. The minimum atomic E-state index is -0.932. The van der Waals surface area contributed by atoms with Crippen LogP contribution < -0.4 is 15.3 Å². The Hall–Kier alpha value is -0.967. The van der Waals surface area contributed by atoms with Crippen LogP contribution in [0.25, 0.3) is 0 Å². The molecule has 0 rings (SSSR count). The minimum Gasteiger partial charge on any atom is -0.550 e. The molecule has 0 unspecified atom stereocenters. The second-order valence-electron chi connectivity index (χ2n) is 5.49. The van der Waals surface area contributed by atoms with E-state index in [1.807, 2.05) is 20.8 Å². The number of aliphatic carboxylic acids is 3. The largest absolute Gasteiger partial charge is 3.00 e. The van der Waals surface area contributed by atoms with Crippen LogP contribution in [0, 0.1) is 0 Å². The molecular weight excluding hydrogens is 415 g/mol. The van der Waals surface area contributed by atoms with Crippen molar-refractivity contribution in [1.29, 1.82) is 0 Å². The van der Waals surface area contributed by atoms with Crippen LogP contribution in [-0.4, -0.2) is 17.9 Å². The number of carboxylic acid groups (broad SMARTS) is 3. The summed E-state index contributed by atoms with van der Waals surface area (Å²) in [6.07, 6.45) is 9.11.